The van der Waals surface area contributed by atoms with Gasteiger partial charge in [0, 0.05) is 31.9 Å². The van der Waals surface area contributed by atoms with E-state index in [0.29, 0.717) is 25.2 Å². The zero-order chi connectivity index (χ0) is 22.9. The van der Waals surface area contributed by atoms with E-state index >= 15 is 0 Å². The summed E-state index contributed by atoms with van der Waals surface area (Å²) in [6.07, 6.45) is 1.99. The fourth-order valence-electron chi connectivity index (χ4n) is 4.03. The SMILES string of the molecule is CC(=O)C[C@@H](C)c1ccc(OC2CCN(c3cc(OCC4CC4(F)F)ncc3F)C2)cc1. The Morgan fingerprint density at radius 2 is 2.03 bits per heavy atom. The molecule has 0 N–H and O–H groups in total. The average Bonchev–Trinajstić information content (AvgIpc) is 3.12. The van der Waals surface area contributed by atoms with Gasteiger partial charge in [-0.1, -0.05) is 19.1 Å². The maximum atomic E-state index is 14.4. The van der Waals surface area contributed by atoms with E-state index in [2.05, 4.69) is 4.98 Å². The summed E-state index contributed by atoms with van der Waals surface area (Å²) in [7, 11) is 0. The summed E-state index contributed by atoms with van der Waals surface area (Å²) in [5, 5.41) is 0. The molecule has 32 heavy (non-hydrogen) atoms. The summed E-state index contributed by atoms with van der Waals surface area (Å²) in [4.78, 5) is 17.0. The van der Waals surface area contributed by atoms with Crippen molar-refractivity contribution in [3.63, 3.8) is 0 Å². The van der Waals surface area contributed by atoms with Crippen LogP contribution >= 0.6 is 0 Å². The Hall–Kier alpha value is -2.77. The number of Topliss-reactive ketones (excluding diaryl/α,β-unsaturated/α-hetero) is 1. The van der Waals surface area contributed by atoms with Gasteiger partial charge in [-0.05, 0) is 30.5 Å². The predicted molar refractivity (Wildman–Crippen MR) is 114 cm³/mol. The van der Waals surface area contributed by atoms with Gasteiger partial charge in [-0.2, -0.15) is 0 Å². The van der Waals surface area contributed by atoms with Gasteiger partial charge < -0.3 is 19.2 Å². The number of halogens is 3. The number of rotatable bonds is 9. The third kappa shape index (κ3) is 5.34. The monoisotopic (exact) mass is 448 g/mol. The van der Waals surface area contributed by atoms with Gasteiger partial charge in [0.15, 0.2) is 5.82 Å². The van der Waals surface area contributed by atoms with Crippen molar-refractivity contribution in [2.45, 2.75) is 51.1 Å². The Bertz CT molecular complexity index is 967. The molecule has 1 aliphatic heterocycles. The van der Waals surface area contributed by atoms with Gasteiger partial charge in [0.25, 0.3) is 5.92 Å². The molecule has 0 radical (unpaired) electrons. The van der Waals surface area contributed by atoms with Gasteiger partial charge in [0.2, 0.25) is 5.88 Å². The lowest BCUT2D eigenvalue weighted by atomic mass is 9.96. The van der Waals surface area contributed by atoms with Crippen molar-refractivity contribution in [2.24, 2.45) is 5.92 Å². The zero-order valence-corrected chi connectivity index (χ0v) is 18.2. The van der Waals surface area contributed by atoms with Gasteiger partial charge in [-0.3, -0.25) is 0 Å². The number of carbonyl (C=O) groups excluding carboxylic acids is 1. The van der Waals surface area contributed by atoms with Crippen molar-refractivity contribution >= 4 is 11.5 Å². The number of hydrogen-bond acceptors (Lipinski definition) is 5. The molecule has 2 heterocycles. The standard InChI is InChI=1S/C24H27F3N2O3/c1-15(9-16(2)30)17-3-5-19(6-4-17)32-20-7-8-29(13-20)22-10-23(28-12-21(22)25)31-14-18-11-24(18,26)27/h3-6,10,12,15,18,20H,7-9,11,13-14H2,1-2H3/t15-,18?,20?/m1/s1. The third-order valence-corrected chi connectivity index (χ3v) is 6.03. The van der Waals surface area contributed by atoms with Crippen LogP contribution in [-0.4, -0.2) is 42.5 Å². The van der Waals surface area contributed by atoms with E-state index in [-0.39, 0.29) is 36.7 Å². The lowest BCUT2D eigenvalue weighted by Gasteiger charge is -2.20. The van der Waals surface area contributed by atoms with E-state index in [1.54, 1.807) is 6.92 Å². The Morgan fingerprint density at radius 1 is 1.31 bits per heavy atom. The second kappa shape index (κ2) is 9.00. The first-order chi connectivity index (χ1) is 15.2. The van der Waals surface area contributed by atoms with E-state index in [4.69, 9.17) is 9.47 Å². The van der Waals surface area contributed by atoms with Crippen molar-refractivity contribution in [3.05, 3.63) is 47.9 Å². The minimum atomic E-state index is -2.66. The van der Waals surface area contributed by atoms with E-state index in [1.165, 1.54) is 6.07 Å². The highest BCUT2D eigenvalue weighted by molar-refractivity contribution is 5.76. The first-order valence-electron chi connectivity index (χ1n) is 10.9. The molecule has 1 aliphatic carbocycles. The fourth-order valence-corrected chi connectivity index (χ4v) is 4.03. The number of benzene rings is 1. The molecule has 1 saturated heterocycles. The van der Waals surface area contributed by atoms with Crippen LogP contribution in [0.15, 0.2) is 36.5 Å². The summed E-state index contributed by atoms with van der Waals surface area (Å²) in [6.45, 7) is 4.57. The topological polar surface area (TPSA) is 51.7 Å². The predicted octanol–water partition coefficient (Wildman–Crippen LogP) is 5.00. The van der Waals surface area contributed by atoms with Crippen LogP contribution in [0.1, 0.15) is 44.6 Å². The van der Waals surface area contributed by atoms with Crippen LogP contribution < -0.4 is 14.4 Å². The molecule has 4 rings (SSSR count). The number of ketones is 1. The average molecular weight is 448 g/mol. The van der Waals surface area contributed by atoms with E-state index in [1.807, 2.05) is 36.1 Å². The summed E-state index contributed by atoms with van der Waals surface area (Å²) >= 11 is 0. The van der Waals surface area contributed by atoms with Crippen LogP contribution in [0.5, 0.6) is 11.6 Å². The largest absolute Gasteiger partial charge is 0.489 e. The number of nitrogens with zero attached hydrogens (tertiary/aromatic N) is 2. The first-order valence-corrected chi connectivity index (χ1v) is 10.9. The Morgan fingerprint density at radius 3 is 2.69 bits per heavy atom. The number of hydrogen-bond donors (Lipinski definition) is 0. The molecule has 2 unspecified atom stereocenters. The minimum absolute atomic E-state index is 0.113. The Labute approximate surface area is 185 Å². The summed E-state index contributed by atoms with van der Waals surface area (Å²) in [5.41, 5.74) is 1.41. The van der Waals surface area contributed by atoms with Crippen LogP contribution in [-0.2, 0) is 4.79 Å². The van der Waals surface area contributed by atoms with Gasteiger partial charge in [0.1, 0.15) is 17.6 Å². The van der Waals surface area contributed by atoms with Crippen molar-refractivity contribution in [1.29, 1.82) is 0 Å². The molecule has 2 fully saturated rings. The maximum Gasteiger partial charge on any atom is 0.255 e. The lowest BCUT2D eigenvalue weighted by molar-refractivity contribution is -0.117. The molecule has 0 amide bonds. The molecule has 1 saturated carbocycles. The van der Waals surface area contributed by atoms with Crippen LogP contribution in [0.25, 0.3) is 0 Å². The molecule has 2 aromatic rings. The second-order valence-electron chi connectivity index (χ2n) is 8.80. The molecule has 3 atom stereocenters. The molecule has 0 spiro atoms. The fraction of sp³-hybridized carbons (Fsp3) is 0.500. The Kier molecular flexibility index (Phi) is 6.31. The highest BCUT2D eigenvalue weighted by atomic mass is 19.3. The number of aromatic nitrogens is 1. The molecule has 8 heteroatoms. The molecular formula is C24H27F3N2O3. The van der Waals surface area contributed by atoms with Gasteiger partial charge in [0.05, 0.1) is 31.0 Å². The van der Waals surface area contributed by atoms with E-state index in [0.717, 1.165) is 23.9 Å². The van der Waals surface area contributed by atoms with Crippen LogP contribution in [0.3, 0.4) is 0 Å². The third-order valence-electron chi connectivity index (χ3n) is 6.03. The smallest absolute Gasteiger partial charge is 0.255 e. The number of pyridine rings is 1. The van der Waals surface area contributed by atoms with Crippen LogP contribution in [0.2, 0.25) is 0 Å². The lowest BCUT2D eigenvalue weighted by Crippen LogP contribution is -2.25. The number of anilines is 1. The maximum absolute atomic E-state index is 14.4. The van der Waals surface area contributed by atoms with Crippen molar-refractivity contribution in [1.82, 2.24) is 4.98 Å². The van der Waals surface area contributed by atoms with Gasteiger partial charge in [-0.25, -0.2) is 18.2 Å². The molecule has 5 nitrogen and oxygen atoms in total. The molecule has 0 bridgehead atoms. The van der Waals surface area contributed by atoms with Gasteiger partial charge >= 0.3 is 0 Å². The number of alkyl halides is 2. The minimum Gasteiger partial charge on any atom is -0.489 e. The molecule has 1 aromatic carbocycles. The van der Waals surface area contributed by atoms with Crippen molar-refractivity contribution in [3.8, 4) is 11.6 Å². The van der Waals surface area contributed by atoms with E-state index in [9.17, 15) is 18.0 Å². The number of carbonyl (C=O) groups is 1. The Balaban J connectivity index is 1.33. The van der Waals surface area contributed by atoms with E-state index < -0.39 is 17.7 Å². The van der Waals surface area contributed by atoms with Crippen LogP contribution in [0.4, 0.5) is 18.9 Å². The first kappa shape index (κ1) is 22.4. The summed E-state index contributed by atoms with van der Waals surface area (Å²) < 4.78 is 51.8. The zero-order valence-electron chi connectivity index (χ0n) is 18.2. The summed E-state index contributed by atoms with van der Waals surface area (Å²) in [5.74, 6) is -2.76. The van der Waals surface area contributed by atoms with Crippen molar-refractivity contribution in [2.75, 3.05) is 24.6 Å². The quantitative estimate of drug-likeness (QED) is 0.541. The molecule has 2 aliphatic rings. The van der Waals surface area contributed by atoms with Crippen LogP contribution in [0, 0.1) is 11.7 Å². The highest BCUT2D eigenvalue weighted by Crippen LogP contribution is 2.48. The number of ether oxygens (including phenoxy) is 2. The normalized spacial score (nSPS) is 22.5. The highest BCUT2D eigenvalue weighted by Gasteiger charge is 2.57. The molecule has 172 valence electrons. The van der Waals surface area contributed by atoms with Crippen molar-refractivity contribution < 1.29 is 27.4 Å². The summed E-state index contributed by atoms with van der Waals surface area (Å²) in [6, 6.07) is 9.17. The molecular weight excluding hydrogens is 421 g/mol. The molecule has 1 aromatic heterocycles. The van der Waals surface area contributed by atoms with Gasteiger partial charge in [-0.15, -0.1) is 0 Å². The second-order valence-corrected chi connectivity index (χ2v) is 8.80.